The molecule has 5 rings (SSSR count). The van der Waals surface area contributed by atoms with E-state index in [2.05, 4.69) is 19.9 Å². The summed E-state index contributed by atoms with van der Waals surface area (Å²) in [5, 5.41) is 0. The van der Waals surface area contributed by atoms with Crippen molar-refractivity contribution in [3.8, 4) is 22.6 Å². The second kappa shape index (κ2) is 10.5. The van der Waals surface area contributed by atoms with Gasteiger partial charge >= 0.3 is 12.4 Å². The molecule has 5 aromatic rings. The minimum Gasteiger partial charge on any atom is -0.338 e. The molecule has 0 aliphatic rings. The molecular weight excluding hydrogens is 550 g/mol. The van der Waals surface area contributed by atoms with E-state index < -0.39 is 33.6 Å². The van der Waals surface area contributed by atoms with Crippen molar-refractivity contribution in [1.82, 2.24) is 19.9 Å². The van der Waals surface area contributed by atoms with Gasteiger partial charge in [-0.25, -0.2) is 4.98 Å². The summed E-state index contributed by atoms with van der Waals surface area (Å²) in [5.74, 6) is -0.0185. The lowest BCUT2D eigenvalue weighted by atomic mass is 10.0. The Morgan fingerprint density at radius 1 is 0.795 bits per heavy atom. The van der Waals surface area contributed by atoms with Crippen molar-refractivity contribution in [2.45, 2.75) is 17.2 Å². The van der Waals surface area contributed by atoms with Gasteiger partial charge in [-0.15, -0.1) is 0 Å². The molecule has 202 valence electrons. The fourth-order valence-electron chi connectivity index (χ4n) is 3.46. The molecular formula is C25H16F6N4O3S. The fourth-order valence-corrected chi connectivity index (χ4v) is 3.96. The molecule has 0 spiro atoms. The van der Waals surface area contributed by atoms with Crippen LogP contribution < -0.4 is 0 Å². The summed E-state index contributed by atoms with van der Waals surface area (Å²) in [7, 11) is -4.00. The average molecular weight is 566 g/mol. The SMILES string of the molecule is FC(F)(F)c1ccc2nc(-c3cnc(-c4cccnc4)c(C(F)(F)F)c3)[nH]c2c1.O=S(=O)(O)c1ccccc1. The van der Waals surface area contributed by atoms with Crippen LogP contribution in [0.5, 0.6) is 0 Å². The van der Waals surface area contributed by atoms with E-state index in [9.17, 15) is 34.8 Å². The Morgan fingerprint density at radius 2 is 1.51 bits per heavy atom. The summed E-state index contributed by atoms with van der Waals surface area (Å²) in [4.78, 5) is 14.4. The third kappa shape index (κ3) is 6.59. The quantitative estimate of drug-likeness (QED) is 0.187. The van der Waals surface area contributed by atoms with Crippen molar-refractivity contribution in [2.75, 3.05) is 0 Å². The van der Waals surface area contributed by atoms with Gasteiger partial charge < -0.3 is 4.98 Å². The number of H-pyrrole nitrogens is 1. The van der Waals surface area contributed by atoms with Crippen molar-refractivity contribution < 1.29 is 39.3 Å². The number of hydrogen-bond acceptors (Lipinski definition) is 5. The number of imidazole rings is 1. The molecule has 0 saturated carbocycles. The van der Waals surface area contributed by atoms with E-state index in [1.165, 1.54) is 42.9 Å². The minimum atomic E-state index is -4.70. The van der Waals surface area contributed by atoms with Crippen LogP contribution in [0.2, 0.25) is 0 Å². The first kappa shape index (κ1) is 27.7. The average Bonchev–Trinajstić information content (AvgIpc) is 3.32. The van der Waals surface area contributed by atoms with Gasteiger partial charge in [0.25, 0.3) is 10.1 Å². The van der Waals surface area contributed by atoms with Crippen molar-refractivity contribution in [3.63, 3.8) is 0 Å². The lowest BCUT2D eigenvalue weighted by Gasteiger charge is -2.13. The van der Waals surface area contributed by atoms with E-state index in [1.54, 1.807) is 18.2 Å². The maximum absolute atomic E-state index is 13.6. The van der Waals surface area contributed by atoms with Crippen molar-refractivity contribution in [3.05, 3.63) is 96.4 Å². The smallest absolute Gasteiger partial charge is 0.338 e. The summed E-state index contributed by atoms with van der Waals surface area (Å²) < 4.78 is 109. The zero-order valence-corrected chi connectivity index (χ0v) is 20.2. The highest BCUT2D eigenvalue weighted by molar-refractivity contribution is 7.85. The predicted octanol–water partition coefficient (Wildman–Crippen LogP) is 6.66. The number of fused-ring (bicyclic) bond motifs is 1. The number of pyridine rings is 2. The van der Waals surface area contributed by atoms with E-state index in [0.717, 1.165) is 24.3 Å². The maximum atomic E-state index is 13.6. The predicted molar refractivity (Wildman–Crippen MR) is 129 cm³/mol. The van der Waals surface area contributed by atoms with E-state index in [1.807, 2.05) is 0 Å². The fraction of sp³-hybridized carbons (Fsp3) is 0.0800. The molecule has 0 atom stereocenters. The number of rotatable bonds is 3. The van der Waals surface area contributed by atoms with Crippen molar-refractivity contribution in [2.24, 2.45) is 0 Å². The van der Waals surface area contributed by atoms with Crippen LogP contribution in [0, 0.1) is 0 Å². The molecule has 0 amide bonds. The lowest BCUT2D eigenvalue weighted by Crippen LogP contribution is -2.09. The number of hydrogen-bond donors (Lipinski definition) is 2. The second-order valence-electron chi connectivity index (χ2n) is 7.96. The summed E-state index contributed by atoms with van der Waals surface area (Å²) in [6.07, 6.45) is -5.38. The highest BCUT2D eigenvalue weighted by atomic mass is 32.2. The minimum absolute atomic E-state index is 0.00489. The maximum Gasteiger partial charge on any atom is 0.418 e. The molecule has 2 N–H and O–H groups in total. The lowest BCUT2D eigenvalue weighted by molar-refractivity contribution is -0.138. The molecule has 0 aliphatic heterocycles. The first-order valence-corrected chi connectivity index (χ1v) is 12.2. The summed E-state index contributed by atoms with van der Waals surface area (Å²) in [6.45, 7) is 0. The van der Waals surface area contributed by atoms with Crippen LogP contribution in [-0.2, 0) is 22.5 Å². The van der Waals surface area contributed by atoms with E-state index in [4.69, 9.17) is 4.55 Å². The molecule has 3 aromatic heterocycles. The number of alkyl halides is 6. The van der Waals surface area contributed by atoms with Crippen LogP contribution >= 0.6 is 0 Å². The molecule has 39 heavy (non-hydrogen) atoms. The number of nitrogens with one attached hydrogen (secondary N) is 1. The van der Waals surface area contributed by atoms with Crippen LogP contribution in [0.25, 0.3) is 33.7 Å². The molecule has 0 radical (unpaired) electrons. The first-order valence-electron chi connectivity index (χ1n) is 10.8. The molecule has 0 unspecified atom stereocenters. The topological polar surface area (TPSA) is 109 Å². The third-order valence-corrected chi connectivity index (χ3v) is 6.12. The molecule has 2 aromatic carbocycles. The van der Waals surface area contributed by atoms with Gasteiger partial charge in [-0.3, -0.25) is 14.5 Å². The monoisotopic (exact) mass is 566 g/mol. The van der Waals surface area contributed by atoms with E-state index in [-0.39, 0.29) is 38.6 Å². The number of aromatic amines is 1. The van der Waals surface area contributed by atoms with Gasteiger partial charge in [0, 0.05) is 29.7 Å². The van der Waals surface area contributed by atoms with Crippen molar-refractivity contribution >= 4 is 21.2 Å². The Bertz CT molecular complexity index is 1710. The number of benzene rings is 2. The summed E-state index contributed by atoms with van der Waals surface area (Å²) >= 11 is 0. The van der Waals surface area contributed by atoms with Crippen LogP contribution in [0.3, 0.4) is 0 Å². The van der Waals surface area contributed by atoms with Gasteiger partial charge in [0.2, 0.25) is 0 Å². The van der Waals surface area contributed by atoms with E-state index in [0.29, 0.717) is 0 Å². The Balaban J connectivity index is 0.000000298. The van der Waals surface area contributed by atoms with Gasteiger partial charge in [-0.2, -0.15) is 34.8 Å². The van der Waals surface area contributed by atoms with Crippen LogP contribution in [0.4, 0.5) is 26.3 Å². The van der Waals surface area contributed by atoms with E-state index >= 15 is 0 Å². The van der Waals surface area contributed by atoms with Gasteiger partial charge in [-0.05, 0) is 48.5 Å². The summed E-state index contributed by atoms with van der Waals surface area (Å²) in [5.41, 5.74) is -1.76. The van der Waals surface area contributed by atoms with Crippen LogP contribution in [0.1, 0.15) is 11.1 Å². The summed E-state index contributed by atoms with van der Waals surface area (Å²) in [6, 6.07) is 14.1. The Kier molecular flexibility index (Phi) is 7.44. The number of aromatic nitrogens is 4. The van der Waals surface area contributed by atoms with Crippen LogP contribution in [0.15, 0.2) is 90.2 Å². The molecule has 0 aliphatic carbocycles. The molecule has 0 fully saturated rings. The largest absolute Gasteiger partial charge is 0.418 e. The Labute approximate surface area is 217 Å². The molecule has 3 heterocycles. The van der Waals surface area contributed by atoms with Gasteiger partial charge in [0.15, 0.2) is 0 Å². The van der Waals surface area contributed by atoms with Crippen LogP contribution in [-0.4, -0.2) is 32.9 Å². The first-order chi connectivity index (χ1) is 18.2. The normalized spacial score (nSPS) is 12.2. The molecule has 14 heteroatoms. The zero-order valence-electron chi connectivity index (χ0n) is 19.4. The zero-order chi connectivity index (χ0) is 28.4. The second-order valence-corrected chi connectivity index (χ2v) is 9.38. The van der Waals surface area contributed by atoms with Gasteiger partial charge in [0.1, 0.15) is 5.82 Å². The Morgan fingerprint density at radius 3 is 2.08 bits per heavy atom. The highest BCUT2D eigenvalue weighted by Crippen LogP contribution is 2.38. The molecule has 7 nitrogen and oxygen atoms in total. The van der Waals surface area contributed by atoms with Gasteiger partial charge in [0.05, 0.1) is 32.7 Å². The van der Waals surface area contributed by atoms with Crippen molar-refractivity contribution in [1.29, 1.82) is 0 Å². The molecule has 0 bridgehead atoms. The van der Waals surface area contributed by atoms with Gasteiger partial charge in [-0.1, -0.05) is 18.2 Å². The number of halogens is 6. The standard InChI is InChI=1S/C19H10F6N4.C6H6O3S/c20-18(21,22)12-3-4-14-15(7-12)29-17(28-14)11-6-13(19(23,24)25)16(27-9-11)10-2-1-5-26-8-10;7-10(8,9)6-4-2-1-3-5-6/h1-9H,(H,28,29);1-5H,(H,7,8,9). The molecule has 0 saturated heterocycles. The number of nitrogens with zero attached hydrogens (tertiary/aromatic N) is 3. The highest BCUT2D eigenvalue weighted by Gasteiger charge is 2.35. The Hall–Kier alpha value is -4.30. The third-order valence-electron chi connectivity index (χ3n) is 5.25.